The number of carbonyl (C=O) groups is 3. The van der Waals surface area contributed by atoms with E-state index in [-0.39, 0.29) is 49.7 Å². The number of piperazine rings is 1. The van der Waals surface area contributed by atoms with Crippen LogP contribution in [0.25, 0.3) is 33.4 Å². The SMILES string of the molecule is C#CCOC(=O)CCCOCCOCCOCCC(=O)NCc1cnc(N2CCN(c3ncc(C(=O)CCCCCn4nc(-c5ccc6oc(N)nc6c5)c5c(N)ncnc54)cn3)CC2)nc1. The van der Waals surface area contributed by atoms with Crippen molar-refractivity contribution in [2.45, 2.75) is 58.0 Å². The van der Waals surface area contributed by atoms with Gasteiger partial charge in [0, 0.05) is 101 Å². The van der Waals surface area contributed by atoms with E-state index in [1.54, 1.807) is 30.9 Å². The Morgan fingerprint density at radius 2 is 1.46 bits per heavy atom. The highest BCUT2D eigenvalue weighted by Crippen LogP contribution is 2.32. The number of nitrogens with two attached hydrogens (primary N) is 2. The maximum absolute atomic E-state index is 13.1. The van der Waals surface area contributed by atoms with Crippen LogP contribution in [0.1, 0.15) is 60.9 Å². The summed E-state index contributed by atoms with van der Waals surface area (Å²) in [5.74, 6) is 3.26. The summed E-state index contributed by atoms with van der Waals surface area (Å²) in [4.78, 5) is 71.9. The summed E-state index contributed by atoms with van der Waals surface area (Å²) >= 11 is 0. The molecule has 1 aliphatic rings. The summed E-state index contributed by atoms with van der Waals surface area (Å²) in [6.07, 6.45) is 16.8. The Hall–Kier alpha value is -7.35. The lowest BCUT2D eigenvalue weighted by atomic mass is 10.1. The minimum absolute atomic E-state index is 0.00739. The maximum Gasteiger partial charge on any atom is 0.306 e. The first-order valence-corrected chi connectivity index (χ1v) is 22.1. The molecule has 1 aromatic carbocycles. The largest absolute Gasteiger partial charge is 0.452 e. The van der Waals surface area contributed by atoms with Gasteiger partial charge in [0.1, 0.15) is 23.4 Å². The molecular weight excluding hydrogens is 865 g/mol. The standard InChI is InChI=1S/C45H54N14O8/c1-2-17-66-38(62)8-6-18-63-20-22-65-23-21-64-19-11-37(61)48-25-31-26-49-44(50-27-31)57-13-15-58(16-14-57)45-51-28-33(29-52-45)35(60)7-4-3-5-12-59-42-39(41(46)53-30-54-42)40(56-59)32-9-10-36-34(24-32)55-43(47)67-36/h1,9-10,24,26-30H,3-8,11-23,25H2,(H2,47,55)(H,48,61)(H2,46,53,54). The normalized spacial score (nSPS) is 12.7. The molecule has 1 amide bonds. The highest BCUT2D eigenvalue weighted by Gasteiger charge is 2.22. The number of carbonyl (C=O) groups excluding carboxylic acids is 3. The third-order valence-electron chi connectivity index (χ3n) is 10.7. The number of unbranched alkanes of at least 4 members (excludes halogenated alkanes) is 2. The lowest BCUT2D eigenvalue weighted by Gasteiger charge is -2.34. The van der Waals surface area contributed by atoms with Crippen LogP contribution in [0.15, 0.2) is 53.7 Å². The molecule has 22 heteroatoms. The number of fused-ring (bicyclic) bond motifs is 2. The van der Waals surface area contributed by atoms with Crippen molar-refractivity contribution in [1.29, 1.82) is 0 Å². The van der Waals surface area contributed by atoms with E-state index < -0.39 is 0 Å². The average Bonchev–Trinajstić information content (AvgIpc) is 3.92. The zero-order valence-electron chi connectivity index (χ0n) is 37.2. The molecule has 6 heterocycles. The van der Waals surface area contributed by atoms with Crippen molar-refractivity contribution < 1.29 is 37.7 Å². The molecule has 67 heavy (non-hydrogen) atoms. The number of nitrogens with one attached hydrogen (secondary N) is 1. The van der Waals surface area contributed by atoms with Gasteiger partial charge in [-0.2, -0.15) is 10.1 Å². The molecule has 5 N–H and O–H groups in total. The van der Waals surface area contributed by atoms with Crippen LogP contribution in [-0.4, -0.2) is 135 Å². The zero-order chi connectivity index (χ0) is 46.8. The Morgan fingerprint density at radius 1 is 0.776 bits per heavy atom. The number of aromatic nitrogens is 9. The summed E-state index contributed by atoms with van der Waals surface area (Å²) < 4.78 is 28.4. The summed E-state index contributed by atoms with van der Waals surface area (Å²) in [6, 6.07) is 5.60. The van der Waals surface area contributed by atoms with E-state index in [0.717, 1.165) is 24.0 Å². The number of anilines is 4. The molecule has 352 valence electrons. The fourth-order valence-electron chi connectivity index (χ4n) is 7.20. The second-order valence-electron chi connectivity index (χ2n) is 15.5. The summed E-state index contributed by atoms with van der Waals surface area (Å²) in [5.41, 5.74) is 16.5. The third kappa shape index (κ3) is 13.6. The van der Waals surface area contributed by atoms with Gasteiger partial charge in [0.05, 0.1) is 44.0 Å². The molecule has 0 spiro atoms. The predicted molar refractivity (Wildman–Crippen MR) is 246 cm³/mol. The summed E-state index contributed by atoms with van der Waals surface area (Å²) in [6.45, 7) is 5.73. The van der Waals surface area contributed by atoms with Crippen molar-refractivity contribution in [2.24, 2.45) is 0 Å². The number of Topliss-reactive ketones (excluding diaryl/α,β-unsaturated/α-hetero) is 1. The van der Waals surface area contributed by atoms with Gasteiger partial charge in [-0.3, -0.25) is 14.4 Å². The van der Waals surface area contributed by atoms with E-state index in [1.807, 2.05) is 16.8 Å². The number of rotatable bonds is 26. The van der Waals surface area contributed by atoms with Crippen molar-refractivity contribution in [3.05, 3.63) is 60.4 Å². The molecule has 1 fully saturated rings. The van der Waals surface area contributed by atoms with Crippen LogP contribution in [0.2, 0.25) is 0 Å². The van der Waals surface area contributed by atoms with Gasteiger partial charge in [-0.1, -0.05) is 12.3 Å². The van der Waals surface area contributed by atoms with Gasteiger partial charge in [-0.15, -0.1) is 6.42 Å². The molecule has 1 saturated heterocycles. The third-order valence-corrected chi connectivity index (χ3v) is 10.7. The van der Waals surface area contributed by atoms with Gasteiger partial charge >= 0.3 is 5.97 Å². The predicted octanol–water partition coefficient (Wildman–Crippen LogP) is 3.16. The number of esters is 1. The van der Waals surface area contributed by atoms with Crippen LogP contribution < -0.4 is 26.6 Å². The topological polar surface area (TPSA) is 280 Å². The number of nitrogens with zero attached hydrogens (tertiary/aromatic N) is 11. The van der Waals surface area contributed by atoms with Crippen molar-refractivity contribution in [3.8, 4) is 23.6 Å². The number of ether oxygens (including phenoxy) is 4. The van der Waals surface area contributed by atoms with Crippen molar-refractivity contribution in [1.82, 2.24) is 50.0 Å². The van der Waals surface area contributed by atoms with E-state index >= 15 is 0 Å². The molecule has 5 aromatic heterocycles. The molecule has 7 rings (SSSR count). The summed E-state index contributed by atoms with van der Waals surface area (Å²) in [7, 11) is 0. The first kappa shape index (κ1) is 47.6. The van der Waals surface area contributed by atoms with Crippen LogP contribution >= 0.6 is 0 Å². The van der Waals surface area contributed by atoms with Crippen molar-refractivity contribution >= 4 is 63.5 Å². The van der Waals surface area contributed by atoms with E-state index in [1.165, 1.54) is 6.33 Å². The minimum Gasteiger partial charge on any atom is -0.452 e. The van der Waals surface area contributed by atoms with Crippen LogP contribution in [0, 0.1) is 12.3 Å². The second-order valence-corrected chi connectivity index (χ2v) is 15.5. The Balaban J connectivity index is 0.741. The Kier molecular flexibility index (Phi) is 17.2. The van der Waals surface area contributed by atoms with Crippen molar-refractivity contribution in [2.75, 3.05) is 93.7 Å². The lowest BCUT2D eigenvalue weighted by Crippen LogP contribution is -2.47. The molecule has 0 radical (unpaired) electrons. The number of nitrogen functional groups attached to an aromatic ring is 2. The number of aryl methyl sites for hydroxylation is 1. The molecule has 0 bridgehead atoms. The first-order chi connectivity index (χ1) is 32.7. The van der Waals surface area contributed by atoms with Crippen LogP contribution in [-0.2, 0) is 41.6 Å². The minimum atomic E-state index is -0.339. The molecular formula is C45H54N14O8. The summed E-state index contributed by atoms with van der Waals surface area (Å²) in [5, 5.41) is 8.37. The number of ketones is 1. The monoisotopic (exact) mass is 918 g/mol. The molecule has 22 nitrogen and oxygen atoms in total. The molecule has 6 aromatic rings. The number of terminal acetylenes is 1. The van der Waals surface area contributed by atoms with E-state index in [4.69, 9.17) is 46.4 Å². The highest BCUT2D eigenvalue weighted by molar-refractivity contribution is 5.99. The number of hydrogen-bond donors (Lipinski definition) is 3. The fourth-order valence-corrected chi connectivity index (χ4v) is 7.20. The Labute approximate surface area is 386 Å². The number of hydrogen-bond acceptors (Lipinski definition) is 20. The van der Waals surface area contributed by atoms with Gasteiger partial charge < -0.3 is 49.9 Å². The molecule has 0 saturated carbocycles. The smallest absolute Gasteiger partial charge is 0.306 e. The van der Waals surface area contributed by atoms with Gasteiger partial charge in [0.15, 0.2) is 23.6 Å². The zero-order valence-corrected chi connectivity index (χ0v) is 37.2. The number of benzene rings is 1. The van der Waals surface area contributed by atoms with Gasteiger partial charge in [0.2, 0.25) is 17.8 Å². The van der Waals surface area contributed by atoms with Crippen molar-refractivity contribution in [3.63, 3.8) is 0 Å². The van der Waals surface area contributed by atoms with E-state index in [9.17, 15) is 14.4 Å². The highest BCUT2D eigenvalue weighted by atomic mass is 16.5. The molecule has 0 atom stereocenters. The quantitative estimate of drug-likeness (QED) is 0.0305. The average molecular weight is 919 g/mol. The fraction of sp³-hybridized carbons (Fsp3) is 0.444. The molecule has 0 unspecified atom stereocenters. The number of amides is 1. The van der Waals surface area contributed by atoms with Gasteiger partial charge in [-0.05, 0) is 37.5 Å². The van der Waals surface area contributed by atoms with Gasteiger partial charge in [-0.25, -0.2) is 34.6 Å². The Bertz CT molecular complexity index is 2610. The second kappa shape index (κ2) is 24.3. The molecule has 0 aliphatic carbocycles. The number of oxazole rings is 1. The van der Waals surface area contributed by atoms with Crippen LogP contribution in [0.5, 0.6) is 0 Å². The van der Waals surface area contributed by atoms with E-state index in [0.29, 0.717) is 143 Å². The lowest BCUT2D eigenvalue weighted by molar-refractivity contribution is -0.142. The molecule has 1 aliphatic heterocycles. The van der Waals surface area contributed by atoms with Crippen LogP contribution in [0.3, 0.4) is 0 Å². The first-order valence-electron chi connectivity index (χ1n) is 22.1. The van der Waals surface area contributed by atoms with E-state index in [2.05, 4.69) is 55.9 Å². The van der Waals surface area contributed by atoms with Crippen LogP contribution in [0.4, 0.5) is 23.7 Å². The Morgan fingerprint density at radius 3 is 2.18 bits per heavy atom. The van der Waals surface area contributed by atoms with Gasteiger partial charge in [0.25, 0.3) is 6.01 Å². The maximum atomic E-state index is 13.1.